The molecule has 2 amide bonds. The van der Waals surface area contributed by atoms with Crippen molar-refractivity contribution in [2.45, 2.75) is 6.42 Å². The maximum absolute atomic E-state index is 12.7. The van der Waals surface area contributed by atoms with Gasteiger partial charge in [-0.2, -0.15) is 0 Å². The molecule has 1 aromatic heterocycles. The van der Waals surface area contributed by atoms with E-state index in [9.17, 15) is 9.59 Å². The van der Waals surface area contributed by atoms with E-state index in [1.165, 1.54) is 16.2 Å². The minimum absolute atomic E-state index is 0.0331. The molecule has 0 fully saturated rings. The number of thiazole rings is 1. The van der Waals surface area contributed by atoms with Crippen molar-refractivity contribution in [3.63, 3.8) is 0 Å². The Balaban J connectivity index is 2.05. The Morgan fingerprint density at radius 3 is 2.92 bits per heavy atom. The highest BCUT2D eigenvalue weighted by molar-refractivity contribution is 9.10. The second-order valence-electron chi connectivity index (χ2n) is 4.97. The van der Waals surface area contributed by atoms with E-state index >= 15 is 0 Å². The lowest BCUT2D eigenvalue weighted by molar-refractivity contribution is -0.116. The molecule has 1 N–H and O–H groups in total. The number of nitrogens with zero attached hydrogens (tertiary/aromatic N) is 2. The fraction of sp³-hybridized carbons (Fsp3) is 0.312. The van der Waals surface area contributed by atoms with Crippen molar-refractivity contribution < 1.29 is 14.3 Å². The maximum atomic E-state index is 12.7. The average Bonchev–Trinajstić information content (AvgIpc) is 3.06. The summed E-state index contributed by atoms with van der Waals surface area (Å²) in [4.78, 5) is 30.4. The van der Waals surface area contributed by atoms with E-state index in [4.69, 9.17) is 4.74 Å². The summed E-state index contributed by atoms with van der Waals surface area (Å²) in [7, 11) is 1.61. The first kappa shape index (κ1) is 18.6. The molecule has 1 aromatic carbocycles. The lowest BCUT2D eigenvalue weighted by Gasteiger charge is -2.22. The Kier molecular flexibility index (Phi) is 7.36. The number of methoxy groups -OCH3 is 1. The van der Waals surface area contributed by atoms with Crippen molar-refractivity contribution in [3.8, 4) is 0 Å². The van der Waals surface area contributed by atoms with Crippen LogP contribution in [0.15, 0.2) is 40.3 Å². The summed E-state index contributed by atoms with van der Waals surface area (Å²) in [5.41, 5.74) is 0.531. The van der Waals surface area contributed by atoms with Crippen LogP contribution in [0.4, 0.5) is 5.13 Å². The zero-order chi connectivity index (χ0) is 17.4. The van der Waals surface area contributed by atoms with Crippen molar-refractivity contribution >= 4 is 44.2 Å². The number of carbonyl (C=O) groups is 2. The summed E-state index contributed by atoms with van der Waals surface area (Å²) in [5, 5.41) is 4.99. The number of benzene rings is 1. The Morgan fingerprint density at radius 2 is 2.25 bits per heavy atom. The molecule has 6 nitrogen and oxygen atoms in total. The smallest absolute Gasteiger partial charge is 0.254 e. The van der Waals surface area contributed by atoms with Gasteiger partial charge in [0.05, 0.1) is 0 Å². The van der Waals surface area contributed by atoms with Crippen LogP contribution in [0.3, 0.4) is 0 Å². The first-order chi connectivity index (χ1) is 11.6. The van der Waals surface area contributed by atoms with Crippen LogP contribution in [0, 0.1) is 0 Å². The van der Waals surface area contributed by atoms with Crippen LogP contribution in [0.2, 0.25) is 0 Å². The van der Waals surface area contributed by atoms with Crippen molar-refractivity contribution in [2.24, 2.45) is 0 Å². The summed E-state index contributed by atoms with van der Waals surface area (Å²) < 4.78 is 5.85. The van der Waals surface area contributed by atoms with E-state index in [1.54, 1.807) is 36.9 Å². The first-order valence-electron chi connectivity index (χ1n) is 7.33. The number of halogens is 1. The number of hydrogen-bond acceptors (Lipinski definition) is 5. The van der Waals surface area contributed by atoms with Gasteiger partial charge in [0.15, 0.2) is 5.13 Å². The van der Waals surface area contributed by atoms with Crippen molar-refractivity contribution in [1.29, 1.82) is 0 Å². The molecule has 24 heavy (non-hydrogen) atoms. The van der Waals surface area contributed by atoms with Crippen molar-refractivity contribution in [1.82, 2.24) is 9.88 Å². The van der Waals surface area contributed by atoms with Crippen LogP contribution in [0.25, 0.3) is 0 Å². The summed E-state index contributed by atoms with van der Waals surface area (Å²) in [5.74, 6) is -0.465. The molecule has 0 aliphatic carbocycles. The minimum atomic E-state index is -0.272. The fourth-order valence-corrected chi connectivity index (χ4v) is 3.02. The highest BCUT2D eigenvalue weighted by Gasteiger charge is 2.19. The Hall–Kier alpha value is -1.77. The lowest BCUT2D eigenvalue weighted by atomic mass is 10.2. The monoisotopic (exact) mass is 411 g/mol. The third-order valence-electron chi connectivity index (χ3n) is 3.15. The van der Waals surface area contributed by atoms with Gasteiger partial charge in [-0.1, -0.05) is 22.0 Å². The average molecular weight is 412 g/mol. The largest absolute Gasteiger partial charge is 0.385 e. The van der Waals surface area contributed by atoms with Crippen LogP contribution in [-0.4, -0.2) is 48.5 Å². The quantitative estimate of drug-likeness (QED) is 0.677. The van der Waals surface area contributed by atoms with Crippen LogP contribution < -0.4 is 5.32 Å². The Labute approximate surface area is 153 Å². The zero-order valence-electron chi connectivity index (χ0n) is 13.2. The maximum Gasteiger partial charge on any atom is 0.254 e. The molecule has 0 atom stereocenters. The minimum Gasteiger partial charge on any atom is -0.385 e. The van der Waals surface area contributed by atoms with Crippen molar-refractivity contribution in [2.75, 3.05) is 32.1 Å². The number of hydrogen-bond donors (Lipinski definition) is 1. The molecular weight excluding hydrogens is 394 g/mol. The van der Waals surface area contributed by atoms with Crippen molar-refractivity contribution in [3.05, 3.63) is 45.9 Å². The van der Waals surface area contributed by atoms with Gasteiger partial charge >= 0.3 is 0 Å². The summed E-state index contributed by atoms with van der Waals surface area (Å²) in [6.45, 7) is 0.926. The van der Waals surface area contributed by atoms with Gasteiger partial charge in [-0.25, -0.2) is 4.98 Å². The Bertz CT molecular complexity index is 679. The molecule has 0 aliphatic heterocycles. The molecule has 0 saturated carbocycles. The molecule has 8 heteroatoms. The molecule has 1 heterocycles. The second-order valence-corrected chi connectivity index (χ2v) is 6.78. The zero-order valence-corrected chi connectivity index (χ0v) is 15.6. The van der Waals surface area contributed by atoms with Gasteiger partial charge in [-0.05, 0) is 24.6 Å². The molecule has 0 spiro atoms. The van der Waals surface area contributed by atoms with E-state index in [0.717, 1.165) is 4.47 Å². The molecule has 0 radical (unpaired) electrons. The van der Waals surface area contributed by atoms with E-state index in [1.807, 2.05) is 6.07 Å². The summed E-state index contributed by atoms with van der Waals surface area (Å²) >= 11 is 4.69. The molecule has 0 bridgehead atoms. The topological polar surface area (TPSA) is 71.5 Å². The molecule has 2 rings (SSSR count). The number of nitrogens with one attached hydrogen (secondary N) is 1. The predicted octanol–water partition coefficient (Wildman–Crippen LogP) is 3.02. The molecule has 0 aliphatic rings. The van der Waals surface area contributed by atoms with Crippen LogP contribution in [0.1, 0.15) is 16.8 Å². The van der Waals surface area contributed by atoms with Crippen LogP contribution in [0.5, 0.6) is 0 Å². The molecule has 0 unspecified atom stereocenters. The van der Waals surface area contributed by atoms with E-state index in [2.05, 4.69) is 26.2 Å². The van der Waals surface area contributed by atoms with E-state index < -0.39 is 0 Å². The van der Waals surface area contributed by atoms with Gasteiger partial charge in [0.2, 0.25) is 5.91 Å². The number of rotatable bonds is 8. The molecular formula is C16H18BrN3O3S. The number of carbonyl (C=O) groups excluding carboxylic acids is 2. The van der Waals surface area contributed by atoms with Gasteiger partial charge in [-0.3, -0.25) is 9.59 Å². The van der Waals surface area contributed by atoms with Gasteiger partial charge in [0.1, 0.15) is 6.54 Å². The molecule has 2 aromatic rings. The van der Waals surface area contributed by atoms with Gasteiger partial charge in [0, 0.05) is 41.9 Å². The first-order valence-corrected chi connectivity index (χ1v) is 9.00. The van der Waals surface area contributed by atoms with E-state index in [-0.39, 0.29) is 18.4 Å². The summed E-state index contributed by atoms with van der Waals surface area (Å²) in [6.07, 6.45) is 2.27. The van der Waals surface area contributed by atoms with Gasteiger partial charge in [-0.15, -0.1) is 11.3 Å². The second kappa shape index (κ2) is 9.51. The fourth-order valence-electron chi connectivity index (χ4n) is 2.07. The molecule has 128 valence electrons. The highest BCUT2D eigenvalue weighted by Crippen LogP contribution is 2.14. The number of ether oxygens (including phenoxy) is 1. The number of aromatic nitrogens is 1. The normalized spacial score (nSPS) is 10.4. The lowest BCUT2D eigenvalue weighted by Crippen LogP contribution is -2.39. The molecule has 0 saturated heterocycles. The van der Waals surface area contributed by atoms with Gasteiger partial charge < -0.3 is 15.0 Å². The van der Waals surface area contributed by atoms with Crippen LogP contribution in [-0.2, 0) is 9.53 Å². The van der Waals surface area contributed by atoms with E-state index in [0.29, 0.717) is 30.3 Å². The third-order valence-corrected chi connectivity index (χ3v) is 4.33. The van der Waals surface area contributed by atoms with Gasteiger partial charge in [0.25, 0.3) is 5.91 Å². The van der Waals surface area contributed by atoms with Crippen LogP contribution >= 0.6 is 27.3 Å². The third kappa shape index (κ3) is 5.70. The summed E-state index contributed by atoms with van der Waals surface area (Å²) in [6, 6.07) is 7.11. The number of anilines is 1. The number of amides is 2. The SMILES string of the molecule is COCCCN(CC(=O)Nc1nccs1)C(=O)c1cccc(Br)c1. The predicted molar refractivity (Wildman–Crippen MR) is 97.3 cm³/mol. The Morgan fingerprint density at radius 1 is 1.42 bits per heavy atom. The highest BCUT2D eigenvalue weighted by atomic mass is 79.9. The standard InChI is InChI=1S/C16H18BrN3O3S/c1-23-8-3-7-20(11-14(21)19-16-18-6-9-24-16)15(22)12-4-2-5-13(17)10-12/h2,4-6,9-10H,3,7-8,11H2,1H3,(H,18,19,21).